The van der Waals surface area contributed by atoms with Crippen LogP contribution in [0.5, 0.6) is 0 Å². The lowest BCUT2D eigenvalue weighted by molar-refractivity contribution is -0.116. The molecule has 0 aliphatic heterocycles. The molecule has 0 spiro atoms. The van der Waals surface area contributed by atoms with Crippen LogP contribution in [0.1, 0.15) is 22.5 Å². The third-order valence-electron chi connectivity index (χ3n) is 3.61. The molecule has 0 aliphatic carbocycles. The van der Waals surface area contributed by atoms with E-state index in [0.29, 0.717) is 28.5 Å². The van der Waals surface area contributed by atoms with Crippen molar-refractivity contribution in [3.05, 3.63) is 76.8 Å². The van der Waals surface area contributed by atoms with Crippen molar-refractivity contribution in [3.8, 4) is 0 Å². The first-order valence-corrected chi connectivity index (χ1v) is 8.94. The number of anilines is 2. The molecule has 5 nitrogen and oxygen atoms in total. The van der Waals surface area contributed by atoms with Crippen molar-refractivity contribution in [2.75, 3.05) is 10.6 Å². The standard InChI is InChI=1S/C19H15F2N3O2S/c20-13-3-1-12(2-4-13)18(26)24-19-23-16(11-27-19)9-10-17(25)22-15-7-5-14(21)6-8-15/h1-8,11H,9-10H2,(H,22,25)(H,23,24,26). The van der Waals surface area contributed by atoms with Gasteiger partial charge in [0.25, 0.3) is 5.91 Å². The first-order chi connectivity index (χ1) is 13.0. The van der Waals surface area contributed by atoms with Crippen molar-refractivity contribution in [1.82, 2.24) is 4.98 Å². The fourth-order valence-electron chi connectivity index (χ4n) is 2.25. The van der Waals surface area contributed by atoms with Gasteiger partial charge in [-0.25, -0.2) is 13.8 Å². The molecule has 2 aromatic carbocycles. The van der Waals surface area contributed by atoms with Crippen molar-refractivity contribution in [3.63, 3.8) is 0 Å². The molecule has 3 rings (SSSR count). The Morgan fingerprint density at radius 3 is 2.22 bits per heavy atom. The summed E-state index contributed by atoms with van der Waals surface area (Å²) in [5.41, 5.74) is 1.52. The van der Waals surface area contributed by atoms with E-state index in [1.54, 1.807) is 5.38 Å². The number of carbonyl (C=O) groups excluding carboxylic acids is 2. The number of benzene rings is 2. The largest absolute Gasteiger partial charge is 0.326 e. The van der Waals surface area contributed by atoms with Gasteiger partial charge >= 0.3 is 0 Å². The van der Waals surface area contributed by atoms with Crippen molar-refractivity contribution < 1.29 is 18.4 Å². The highest BCUT2D eigenvalue weighted by molar-refractivity contribution is 7.14. The summed E-state index contributed by atoms with van der Waals surface area (Å²) in [6.45, 7) is 0. The number of rotatable bonds is 6. The quantitative estimate of drug-likeness (QED) is 0.664. The number of aryl methyl sites for hydroxylation is 1. The molecule has 1 aromatic heterocycles. The lowest BCUT2D eigenvalue weighted by Gasteiger charge is -2.04. The Bertz CT molecular complexity index is 940. The van der Waals surface area contributed by atoms with Gasteiger partial charge in [0.1, 0.15) is 11.6 Å². The minimum atomic E-state index is -0.415. The fraction of sp³-hybridized carbons (Fsp3) is 0.105. The number of halogens is 2. The van der Waals surface area contributed by atoms with Crippen LogP contribution in [0.2, 0.25) is 0 Å². The molecule has 8 heteroatoms. The third kappa shape index (κ3) is 5.42. The van der Waals surface area contributed by atoms with Crippen LogP contribution in [-0.2, 0) is 11.2 Å². The minimum absolute atomic E-state index is 0.201. The summed E-state index contributed by atoms with van der Waals surface area (Å²) in [5, 5.41) is 7.47. The molecule has 0 fully saturated rings. The monoisotopic (exact) mass is 387 g/mol. The highest BCUT2D eigenvalue weighted by Crippen LogP contribution is 2.18. The number of nitrogens with zero attached hydrogens (tertiary/aromatic N) is 1. The molecule has 0 atom stereocenters. The first kappa shape index (κ1) is 18.7. The van der Waals surface area contributed by atoms with Gasteiger partial charge in [-0.2, -0.15) is 0 Å². The zero-order valence-corrected chi connectivity index (χ0v) is 14.9. The fourth-order valence-corrected chi connectivity index (χ4v) is 2.99. The van der Waals surface area contributed by atoms with Crippen molar-refractivity contribution in [1.29, 1.82) is 0 Å². The number of amides is 2. The molecule has 0 bridgehead atoms. The molecule has 138 valence electrons. The van der Waals surface area contributed by atoms with Gasteiger partial charge in [-0.3, -0.25) is 14.9 Å². The molecule has 0 unspecified atom stereocenters. The molecule has 0 saturated carbocycles. The average molecular weight is 387 g/mol. The van der Waals surface area contributed by atoms with Gasteiger partial charge in [-0.05, 0) is 55.0 Å². The Morgan fingerprint density at radius 2 is 1.56 bits per heavy atom. The molecule has 0 radical (unpaired) electrons. The molecule has 0 saturated heterocycles. The Labute approximate surface area is 158 Å². The number of nitrogens with one attached hydrogen (secondary N) is 2. The van der Waals surface area contributed by atoms with Crippen LogP contribution in [0.25, 0.3) is 0 Å². The molecule has 1 heterocycles. The smallest absolute Gasteiger partial charge is 0.257 e. The van der Waals surface area contributed by atoms with E-state index in [9.17, 15) is 18.4 Å². The lowest BCUT2D eigenvalue weighted by atomic mass is 10.2. The number of carbonyl (C=O) groups is 2. The van der Waals surface area contributed by atoms with Crippen LogP contribution in [-0.4, -0.2) is 16.8 Å². The van der Waals surface area contributed by atoms with Gasteiger partial charge in [-0.1, -0.05) is 0 Å². The van der Waals surface area contributed by atoms with E-state index >= 15 is 0 Å². The van der Waals surface area contributed by atoms with Crippen LogP contribution >= 0.6 is 11.3 Å². The van der Waals surface area contributed by atoms with Gasteiger partial charge < -0.3 is 5.32 Å². The summed E-state index contributed by atoms with van der Waals surface area (Å²) in [4.78, 5) is 28.3. The molecule has 2 amide bonds. The third-order valence-corrected chi connectivity index (χ3v) is 4.42. The van der Waals surface area contributed by atoms with Gasteiger partial charge in [0.05, 0.1) is 5.69 Å². The summed E-state index contributed by atoms with van der Waals surface area (Å²) in [7, 11) is 0. The lowest BCUT2D eigenvalue weighted by Crippen LogP contribution is -2.13. The minimum Gasteiger partial charge on any atom is -0.326 e. The molecular formula is C19H15F2N3O2S. The van der Waals surface area contributed by atoms with Gasteiger partial charge in [-0.15, -0.1) is 11.3 Å². The second-order valence-corrected chi connectivity index (χ2v) is 6.52. The zero-order valence-electron chi connectivity index (χ0n) is 14.0. The van der Waals surface area contributed by atoms with E-state index in [-0.39, 0.29) is 24.1 Å². The van der Waals surface area contributed by atoms with Crippen molar-refractivity contribution >= 4 is 34.0 Å². The summed E-state index contributed by atoms with van der Waals surface area (Å²) in [6, 6.07) is 10.7. The SMILES string of the molecule is O=C(CCc1csc(NC(=O)c2ccc(F)cc2)n1)Nc1ccc(F)cc1. The Hall–Kier alpha value is -3.13. The second-order valence-electron chi connectivity index (χ2n) is 5.66. The summed E-state index contributed by atoms with van der Waals surface area (Å²) in [5.74, 6) is -1.39. The predicted molar refractivity (Wildman–Crippen MR) is 99.8 cm³/mol. The van der Waals surface area contributed by atoms with E-state index in [1.165, 1.54) is 59.9 Å². The molecule has 0 aliphatic rings. The normalized spacial score (nSPS) is 10.4. The van der Waals surface area contributed by atoms with Gasteiger partial charge in [0.2, 0.25) is 5.91 Å². The Balaban J connectivity index is 1.50. The summed E-state index contributed by atoms with van der Waals surface area (Å²) >= 11 is 1.24. The van der Waals surface area contributed by atoms with Crippen LogP contribution in [0.15, 0.2) is 53.9 Å². The van der Waals surface area contributed by atoms with E-state index < -0.39 is 5.82 Å². The Kier molecular flexibility index (Phi) is 5.87. The Morgan fingerprint density at radius 1 is 0.926 bits per heavy atom. The zero-order chi connectivity index (χ0) is 19.2. The van der Waals surface area contributed by atoms with Crippen LogP contribution in [0.3, 0.4) is 0 Å². The number of hydrogen-bond acceptors (Lipinski definition) is 4. The maximum atomic E-state index is 12.9. The molecule has 3 aromatic rings. The van der Waals surface area contributed by atoms with Crippen LogP contribution < -0.4 is 10.6 Å². The molecule has 2 N–H and O–H groups in total. The number of thiazole rings is 1. The topological polar surface area (TPSA) is 71.1 Å². The van der Waals surface area contributed by atoms with E-state index in [2.05, 4.69) is 15.6 Å². The van der Waals surface area contributed by atoms with Crippen LogP contribution in [0, 0.1) is 11.6 Å². The highest BCUT2D eigenvalue weighted by Gasteiger charge is 2.10. The molecular weight excluding hydrogens is 372 g/mol. The van der Waals surface area contributed by atoms with Crippen LogP contribution in [0.4, 0.5) is 19.6 Å². The van der Waals surface area contributed by atoms with Gasteiger partial charge in [0, 0.05) is 23.1 Å². The maximum absolute atomic E-state index is 12.9. The van der Waals surface area contributed by atoms with E-state index in [4.69, 9.17) is 0 Å². The van der Waals surface area contributed by atoms with Crippen molar-refractivity contribution in [2.45, 2.75) is 12.8 Å². The average Bonchev–Trinajstić information content (AvgIpc) is 3.10. The number of hydrogen-bond donors (Lipinski definition) is 2. The second kappa shape index (κ2) is 8.50. The summed E-state index contributed by atoms with van der Waals surface area (Å²) in [6.07, 6.45) is 0.600. The predicted octanol–water partition coefficient (Wildman–Crippen LogP) is 4.24. The van der Waals surface area contributed by atoms with E-state index in [0.717, 1.165) is 0 Å². The molecule has 27 heavy (non-hydrogen) atoms. The summed E-state index contributed by atoms with van der Waals surface area (Å²) < 4.78 is 25.7. The number of aromatic nitrogens is 1. The highest BCUT2D eigenvalue weighted by atomic mass is 32.1. The maximum Gasteiger partial charge on any atom is 0.257 e. The van der Waals surface area contributed by atoms with E-state index in [1.807, 2.05) is 0 Å². The first-order valence-electron chi connectivity index (χ1n) is 8.06. The van der Waals surface area contributed by atoms with Gasteiger partial charge in [0.15, 0.2) is 5.13 Å². The van der Waals surface area contributed by atoms with Crippen molar-refractivity contribution in [2.24, 2.45) is 0 Å².